The number of nitrogens with zero attached hydrogens (tertiary/aromatic N) is 1. The first-order valence-corrected chi connectivity index (χ1v) is 11.8. The highest BCUT2D eigenvalue weighted by Gasteiger charge is 2.35. The number of imide groups is 1. The number of amides is 2. The Bertz CT molecular complexity index is 997. The molecule has 0 aliphatic carbocycles. The summed E-state index contributed by atoms with van der Waals surface area (Å²) in [5.74, 6) is 0.355. The molecule has 2 aromatic carbocycles. The van der Waals surface area contributed by atoms with Crippen molar-refractivity contribution in [2.75, 3.05) is 6.61 Å². The summed E-state index contributed by atoms with van der Waals surface area (Å²) in [6.07, 6.45) is 1.71. The molecule has 28 heavy (non-hydrogen) atoms. The van der Waals surface area contributed by atoms with Gasteiger partial charge in [0.2, 0.25) is 0 Å². The number of rotatable bonds is 5. The van der Waals surface area contributed by atoms with Gasteiger partial charge in [0, 0.05) is 19.2 Å². The molecule has 0 N–H and O–H groups in total. The third kappa shape index (κ3) is 4.97. The molecular formula is C19H13Cl2I2NO3S. The summed E-state index contributed by atoms with van der Waals surface area (Å²) in [4.78, 5) is 26.8. The van der Waals surface area contributed by atoms with E-state index in [1.165, 1.54) is 4.90 Å². The molecule has 0 spiro atoms. The number of ether oxygens (including phenoxy) is 1. The first-order chi connectivity index (χ1) is 13.3. The Morgan fingerprint density at radius 2 is 1.93 bits per heavy atom. The van der Waals surface area contributed by atoms with Gasteiger partial charge in [-0.3, -0.25) is 14.5 Å². The molecule has 1 aliphatic rings. The molecule has 3 rings (SSSR count). The van der Waals surface area contributed by atoms with Gasteiger partial charge >= 0.3 is 0 Å². The minimum Gasteiger partial charge on any atom is -0.492 e. The van der Waals surface area contributed by atoms with Gasteiger partial charge in [0.05, 0.1) is 21.6 Å². The maximum Gasteiger partial charge on any atom is 0.293 e. The van der Waals surface area contributed by atoms with Crippen LogP contribution in [0.2, 0.25) is 10.0 Å². The number of carbonyl (C=O) groups excluding carboxylic acids is 2. The Kier molecular flexibility index (Phi) is 7.57. The molecule has 0 atom stereocenters. The number of benzene rings is 2. The number of hydrogen-bond acceptors (Lipinski definition) is 4. The normalized spacial score (nSPS) is 15.6. The summed E-state index contributed by atoms with van der Waals surface area (Å²) in [6.45, 7) is 2.51. The minimum atomic E-state index is -0.350. The molecule has 2 aromatic rings. The third-order valence-corrected chi connectivity index (χ3v) is 6.75. The van der Waals surface area contributed by atoms with Crippen LogP contribution in [0.4, 0.5) is 4.79 Å². The molecule has 146 valence electrons. The minimum absolute atomic E-state index is 0.0974. The van der Waals surface area contributed by atoms with Crippen molar-refractivity contribution in [3.8, 4) is 5.75 Å². The van der Waals surface area contributed by atoms with Crippen LogP contribution in [0.15, 0.2) is 35.2 Å². The molecule has 9 heteroatoms. The summed E-state index contributed by atoms with van der Waals surface area (Å²) >= 11 is 17.4. The molecule has 2 amide bonds. The molecule has 0 bridgehead atoms. The van der Waals surface area contributed by atoms with Gasteiger partial charge in [-0.15, -0.1) is 0 Å². The lowest BCUT2D eigenvalue weighted by Gasteiger charge is -2.14. The predicted octanol–water partition coefficient (Wildman–Crippen LogP) is 6.84. The topological polar surface area (TPSA) is 46.6 Å². The highest BCUT2D eigenvalue weighted by molar-refractivity contribution is 14.1. The second kappa shape index (κ2) is 9.55. The zero-order valence-corrected chi connectivity index (χ0v) is 21.1. The maximum absolute atomic E-state index is 12.8. The number of thioether (sulfide) groups is 1. The van der Waals surface area contributed by atoms with Crippen LogP contribution in [-0.4, -0.2) is 22.7 Å². The number of hydrogen-bond donors (Lipinski definition) is 0. The van der Waals surface area contributed by atoms with Crippen molar-refractivity contribution in [2.24, 2.45) is 0 Å². The Morgan fingerprint density at radius 1 is 1.18 bits per heavy atom. The van der Waals surface area contributed by atoms with Crippen molar-refractivity contribution in [1.82, 2.24) is 4.90 Å². The smallest absolute Gasteiger partial charge is 0.293 e. The van der Waals surface area contributed by atoms with Crippen LogP contribution in [0.25, 0.3) is 6.08 Å². The molecule has 4 nitrogen and oxygen atoms in total. The van der Waals surface area contributed by atoms with Crippen LogP contribution in [0.3, 0.4) is 0 Å². The van der Waals surface area contributed by atoms with Gasteiger partial charge in [0.1, 0.15) is 5.75 Å². The summed E-state index contributed by atoms with van der Waals surface area (Å²) in [7, 11) is 0. The number of halogens is 4. The van der Waals surface area contributed by atoms with Crippen molar-refractivity contribution < 1.29 is 14.3 Å². The lowest BCUT2D eigenvalue weighted by atomic mass is 10.1. The van der Waals surface area contributed by atoms with Crippen LogP contribution in [0.1, 0.15) is 18.1 Å². The van der Waals surface area contributed by atoms with E-state index in [1.54, 1.807) is 24.3 Å². The lowest BCUT2D eigenvalue weighted by molar-refractivity contribution is -0.123. The highest BCUT2D eigenvalue weighted by Crippen LogP contribution is 2.37. The maximum atomic E-state index is 12.8. The van der Waals surface area contributed by atoms with Crippen LogP contribution in [-0.2, 0) is 11.3 Å². The van der Waals surface area contributed by atoms with Crippen LogP contribution in [0, 0.1) is 7.14 Å². The summed E-state index contributed by atoms with van der Waals surface area (Å²) in [5, 5.41) is 0.585. The van der Waals surface area contributed by atoms with Gasteiger partial charge in [0.15, 0.2) is 0 Å². The van der Waals surface area contributed by atoms with Gasteiger partial charge in [-0.1, -0.05) is 29.3 Å². The molecule has 1 aliphatic heterocycles. The van der Waals surface area contributed by atoms with E-state index < -0.39 is 0 Å². The van der Waals surface area contributed by atoms with Gasteiger partial charge in [-0.05, 0) is 99.8 Å². The average molecular weight is 660 g/mol. The first kappa shape index (κ1) is 22.2. The van der Waals surface area contributed by atoms with Gasteiger partial charge < -0.3 is 4.74 Å². The highest BCUT2D eigenvalue weighted by atomic mass is 127. The average Bonchev–Trinajstić information content (AvgIpc) is 2.87. The van der Waals surface area contributed by atoms with E-state index in [9.17, 15) is 9.59 Å². The fraction of sp³-hybridized carbons (Fsp3) is 0.158. The van der Waals surface area contributed by atoms with E-state index in [-0.39, 0.29) is 17.7 Å². The second-order valence-electron chi connectivity index (χ2n) is 5.74. The molecule has 0 aromatic heterocycles. The van der Waals surface area contributed by atoms with E-state index in [0.717, 1.165) is 24.5 Å². The van der Waals surface area contributed by atoms with Crippen molar-refractivity contribution in [1.29, 1.82) is 0 Å². The molecule has 0 saturated carbocycles. The first-order valence-electron chi connectivity index (χ1n) is 8.11. The van der Waals surface area contributed by atoms with Crippen LogP contribution < -0.4 is 4.74 Å². The van der Waals surface area contributed by atoms with E-state index in [2.05, 4.69) is 45.2 Å². The van der Waals surface area contributed by atoms with Gasteiger partial charge in [0.25, 0.3) is 11.1 Å². The van der Waals surface area contributed by atoms with E-state index in [4.69, 9.17) is 27.9 Å². The fourth-order valence-corrected chi connectivity index (χ4v) is 5.92. The standard InChI is InChI=1S/C19H13Cl2I2NO3S/c1-2-27-17-11(5-13(22)8-15(17)23)6-16-18(25)24(19(26)28-16)9-10-3-4-12(20)7-14(10)21/h3-8H,2,9H2,1H3/b16-6-. The monoisotopic (exact) mass is 659 g/mol. The molecule has 1 fully saturated rings. The van der Waals surface area contributed by atoms with Gasteiger partial charge in [-0.25, -0.2) is 0 Å². The SMILES string of the molecule is CCOc1c(I)cc(I)cc1/C=C1\SC(=O)N(Cc2ccc(Cl)cc2Cl)C1=O. The van der Waals surface area contributed by atoms with E-state index >= 15 is 0 Å². The zero-order valence-electron chi connectivity index (χ0n) is 14.5. The van der Waals surface area contributed by atoms with Gasteiger partial charge in [-0.2, -0.15) is 0 Å². The molecule has 0 unspecified atom stereocenters. The summed E-state index contributed by atoms with van der Waals surface area (Å²) in [5.41, 5.74) is 1.43. The van der Waals surface area contributed by atoms with Crippen LogP contribution >= 0.6 is 80.1 Å². The quantitative estimate of drug-likeness (QED) is 0.261. The van der Waals surface area contributed by atoms with Crippen molar-refractivity contribution in [3.63, 3.8) is 0 Å². The molecule has 1 heterocycles. The zero-order chi connectivity index (χ0) is 20.4. The lowest BCUT2D eigenvalue weighted by Crippen LogP contribution is -2.27. The molecule has 1 saturated heterocycles. The van der Waals surface area contributed by atoms with Crippen molar-refractivity contribution in [3.05, 3.63) is 63.5 Å². The Labute approximate surface area is 204 Å². The Morgan fingerprint density at radius 3 is 2.61 bits per heavy atom. The summed E-state index contributed by atoms with van der Waals surface area (Å²) < 4.78 is 7.71. The fourth-order valence-electron chi connectivity index (χ4n) is 2.58. The molecule has 0 radical (unpaired) electrons. The Balaban J connectivity index is 1.91. The third-order valence-electron chi connectivity index (χ3n) is 3.83. The largest absolute Gasteiger partial charge is 0.492 e. The number of carbonyl (C=O) groups is 2. The second-order valence-corrected chi connectivity index (χ2v) is 9.99. The van der Waals surface area contributed by atoms with Crippen molar-refractivity contribution >= 4 is 97.4 Å². The van der Waals surface area contributed by atoms with E-state index in [1.807, 2.05) is 19.1 Å². The predicted molar refractivity (Wildman–Crippen MR) is 131 cm³/mol. The Hall–Kier alpha value is -0.490. The van der Waals surface area contributed by atoms with E-state index in [0.29, 0.717) is 32.9 Å². The van der Waals surface area contributed by atoms with Crippen molar-refractivity contribution in [2.45, 2.75) is 13.5 Å². The van der Waals surface area contributed by atoms with Crippen LogP contribution in [0.5, 0.6) is 5.75 Å². The summed E-state index contributed by atoms with van der Waals surface area (Å²) in [6, 6.07) is 8.91. The molecular weight excluding hydrogens is 647 g/mol.